The third-order valence-corrected chi connectivity index (χ3v) is 6.50. The van der Waals surface area contributed by atoms with Crippen molar-refractivity contribution in [2.75, 3.05) is 45.9 Å². The Hall–Kier alpha value is -3.28. The number of carbonyl (C=O) groups excluding carboxylic acids is 3. The summed E-state index contributed by atoms with van der Waals surface area (Å²) in [6, 6.07) is 2.71. The van der Waals surface area contributed by atoms with Crippen molar-refractivity contribution in [2.24, 2.45) is 0 Å². The first kappa shape index (κ1) is 28.3. The molecule has 2 atom stereocenters. The van der Waals surface area contributed by atoms with Gasteiger partial charge in [0.1, 0.15) is 0 Å². The number of amides is 4. The van der Waals surface area contributed by atoms with E-state index in [0.717, 1.165) is 12.1 Å². The first-order chi connectivity index (χ1) is 17.5. The number of benzene rings is 1. The lowest BCUT2D eigenvalue weighted by molar-refractivity contribution is -0.139. The van der Waals surface area contributed by atoms with E-state index >= 15 is 0 Å². The van der Waals surface area contributed by atoms with E-state index in [1.54, 1.807) is 18.7 Å². The number of likely N-dealkylation sites (N-methyl/N-ethyl adjacent to an activating group) is 1. The quantitative estimate of drug-likeness (QED) is 0.533. The van der Waals surface area contributed by atoms with Gasteiger partial charge in [0.05, 0.1) is 23.8 Å². The zero-order valence-electron chi connectivity index (χ0n) is 21.5. The van der Waals surface area contributed by atoms with Crippen LogP contribution in [0.25, 0.3) is 0 Å². The monoisotopic (exact) mass is 525 g/mol. The number of carbonyl (C=O) groups is 3. The molecule has 9 nitrogen and oxygen atoms in total. The fourth-order valence-corrected chi connectivity index (χ4v) is 4.72. The number of halogens is 3. The summed E-state index contributed by atoms with van der Waals surface area (Å²) in [5.41, 5.74) is 0.136. The molecule has 37 heavy (non-hydrogen) atoms. The molecule has 0 unspecified atom stereocenters. The van der Waals surface area contributed by atoms with Crippen LogP contribution in [0.15, 0.2) is 35.5 Å². The minimum Gasteiger partial charge on any atom is -0.463 e. The summed E-state index contributed by atoms with van der Waals surface area (Å²) in [6.45, 7) is 9.84. The second-order valence-electron chi connectivity index (χ2n) is 8.94. The molecule has 1 fully saturated rings. The predicted molar refractivity (Wildman–Crippen MR) is 130 cm³/mol. The molecule has 1 saturated heterocycles. The van der Waals surface area contributed by atoms with Crippen LogP contribution in [0.3, 0.4) is 0 Å². The van der Waals surface area contributed by atoms with E-state index in [9.17, 15) is 27.6 Å². The second-order valence-corrected chi connectivity index (χ2v) is 8.94. The Morgan fingerprint density at radius 2 is 1.81 bits per heavy atom. The highest BCUT2D eigenvalue weighted by Crippen LogP contribution is 2.35. The molecule has 1 aromatic carbocycles. The molecular formula is C25H34F3N5O4. The fraction of sp³-hybridized carbons (Fsp3) is 0.560. The molecule has 2 aliphatic rings. The summed E-state index contributed by atoms with van der Waals surface area (Å²) in [6.07, 6.45) is -4.51. The summed E-state index contributed by atoms with van der Waals surface area (Å²) in [7, 11) is 0. The summed E-state index contributed by atoms with van der Waals surface area (Å²) < 4.78 is 44.6. The Morgan fingerprint density at radius 3 is 2.35 bits per heavy atom. The maximum atomic E-state index is 13.2. The molecule has 0 aliphatic carbocycles. The van der Waals surface area contributed by atoms with Crippen LogP contribution in [-0.4, -0.2) is 84.6 Å². The van der Waals surface area contributed by atoms with Crippen molar-refractivity contribution >= 4 is 18.0 Å². The molecular weight excluding hydrogens is 491 g/mol. The van der Waals surface area contributed by atoms with Gasteiger partial charge < -0.3 is 20.3 Å². The molecule has 4 amide bonds. The molecule has 2 N–H and O–H groups in total. The van der Waals surface area contributed by atoms with E-state index in [-0.39, 0.29) is 37.3 Å². The summed E-state index contributed by atoms with van der Waals surface area (Å²) in [5, 5.41) is 5.56. The van der Waals surface area contributed by atoms with Crippen LogP contribution in [0.4, 0.5) is 22.8 Å². The number of nitrogens with zero attached hydrogens (tertiary/aromatic N) is 3. The third kappa shape index (κ3) is 6.35. The van der Waals surface area contributed by atoms with E-state index in [4.69, 9.17) is 4.74 Å². The molecule has 12 heteroatoms. The molecule has 204 valence electrons. The lowest BCUT2D eigenvalue weighted by atomic mass is 9.93. The van der Waals surface area contributed by atoms with Gasteiger partial charge in [-0.05, 0) is 45.4 Å². The van der Waals surface area contributed by atoms with Crippen molar-refractivity contribution < 1.29 is 32.3 Å². The first-order valence-corrected chi connectivity index (χ1v) is 12.4. The van der Waals surface area contributed by atoms with E-state index in [0.29, 0.717) is 37.4 Å². The number of nitrogens with one attached hydrogen (secondary N) is 2. The number of rotatable bonds is 7. The fourth-order valence-electron chi connectivity index (χ4n) is 4.72. The molecule has 0 saturated carbocycles. The lowest BCUT2D eigenvalue weighted by Gasteiger charge is -2.42. The standard InChI is InChI=1S/C25H34F3N5O4/c1-5-29-23(35)33-13-12-31(14-16(33)4)15-19-20(22(34)37-7-3)21(30-24(36)32(19)6-2)17-8-10-18(11-9-17)25(26,27)28/h8-11,16,21H,5-7,12-15H2,1-4H3,(H,29,35)(H,30,36)/t16-,21+/m1/s1. The van der Waals surface area contributed by atoms with Gasteiger partial charge in [-0.15, -0.1) is 0 Å². The van der Waals surface area contributed by atoms with Crippen molar-refractivity contribution in [3.63, 3.8) is 0 Å². The van der Waals surface area contributed by atoms with Crippen molar-refractivity contribution in [3.05, 3.63) is 46.7 Å². The van der Waals surface area contributed by atoms with Gasteiger partial charge in [-0.3, -0.25) is 9.80 Å². The van der Waals surface area contributed by atoms with Crippen LogP contribution in [0.2, 0.25) is 0 Å². The van der Waals surface area contributed by atoms with Gasteiger partial charge in [0, 0.05) is 51.0 Å². The SMILES string of the molecule is CCNC(=O)N1CCN(CC2=C(C(=O)OCC)[C@H](c3ccc(C(F)(F)F)cc3)NC(=O)N2CC)C[C@H]1C. The molecule has 0 spiro atoms. The lowest BCUT2D eigenvalue weighted by Crippen LogP contribution is -2.58. The topological polar surface area (TPSA) is 94.2 Å². The van der Waals surface area contributed by atoms with Crippen LogP contribution in [-0.2, 0) is 15.7 Å². The van der Waals surface area contributed by atoms with Crippen LogP contribution in [0.1, 0.15) is 44.9 Å². The average molecular weight is 526 g/mol. The number of hydrogen-bond donors (Lipinski definition) is 2. The zero-order valence-corrected chi connectivity index (χ0v) is 21.5. The van der Waals surface area contributed by atoms with Gasteiger partial charge in [-0.2, -0.15) is 13.2 Å². The van der Waals surface area contributed by atoms with Crippen LogP contribution in [0.5, 0.6) is 0 Å². The van der Waals surface area contributed by atoms with E-state index in [1.807, 2.05) is 13.8 Å². The molecule has 0 radical (unpaired) electrons. The Morgan fingerprint density at radius 1 is 1.14 bits per heavy atom. The highest BCUT2D eigenvalue weighted by Gasteiger charge is 2.39. The Kier molecular flexibility index (Phi) is 9.06. The van der Waals surface area contributed by atoms with Gasteiger partial charge in [-0.1, -0.05) is 12.1 Å². The molecule has 1 aromatic rings. The van der Waals surface area contributed by atoms with Crippen LogP contribution >= 0.6 is 0 Å². The van der Waals surface area contributed by atoms with Gasteiger partial charge in [-0.25, -0.2) is 14.4 Å². The number of alkyl halides is 3. The Labute approximate surface area is 214 Å². The van der Waals surface area contributed by atoms with Crippen molar-refractivity contribution in [3.8, 4) is 0 Å². The maximum Gasteiger partial charge on any atom is 0.416 e. The van der Waals surface area contributed by atoms with Crippen molar-refractivity contribution in [1.29, 1.82) is 0 Å². The summed E-state index contributed by atoms with van der Waals surface area (Å²) in [4.78, 5) is 43.8. The van der Waals surface area contributed by atoms with E-state index in [1.165, 1.54) is 17.0 Å². The third-order valence-electron chi connectivity index (χ3n) is 6.50. The van der Waals surface area contributed by atoms with Crippen molar-refractivity contribution in [1.82, 2.24) is 25.3 Å². The minimum atomic E-state index is -4.51. The predicted octanol–water partition coefficient (Wildman–Crippen LogP) is 3.34. The zero-order chi connectivity index (χ0) is 27.3. The highest BCUT2D eigenvalue weighted by atomic mass is 19.4. The number of ether oxygens (including phenoxy) is 1. The summed E-state index contributed by atoms with van der Waals surface area (Å²) in [5.74, 6) is -0.644. The Bertz CT molecular complexity index is 1030. The largest absolute Gasteiger partial charge is 0.463 e. The number of piperazine rings is 1. The van der Waals surface area contributed by atoms with E-state index in [2.05, 4.69) is 15.5 Å². The molecule has 3 rings (SSSR count). The molecule has 2 heterocycles. The second kappa shape index (κ2) is 11.8. The van der Waals surface area contributed by atoms with Crippen LogP contribution < -0.4 is 10.6 Å². The average Bonchev–Trinajstić information content (AvgIpc) is 2.83. The van der Waals surface area contributed by atoms with Gasteiger partial charge in [0.15, 0.2) is 0 Å². The van der Waals surface area contributed by atoms with Crippen molar-refractivity contribution in [2.45, 2.75) is 46.0 Å². The van der Waals surface area contributed by atoms with E-state index < -0.39 is 29.8 Å². The maximum absolute atomic E-state index is 13.2. The summed E-state index contributed by atoms with van der Waals surface area (Å²) >= 11 is 0. The Balaban J connectivity index is 1.98. The highest BCUT2D eigenvalue weighted by molar-refractivity contribution is 5.95. The number of urea groups is 2. The van der Waals surface area contributed by atoms with Gasteiger partial charge in [0.25, 0.3) is 0 Å². The minimum absolute atomic E-state index is 0.0949. The number of hydrogen-bond acceptors (Lipinski definition) is 5. The smallest absolute Gasteiger partial charge is 0.416 e. The molecule has 0 bridgehead atoms. The normalized spacial score (nSPS) is 21.1. The van der Waals surface area contributed by atoms with Crippen LogP contribution in [0, 0.1) is 0 Å². The molecule has 2 aliphatic heterocycles. The number of esters is 1. The van der Waals surface area contributed by atoms with Gasteiger partial charge >= 0.3 is 24.2 Å². The first-order valence-electron chi connectivity index (χ1n) is 12.4. The molecule has 0 aromatic heterocycles. The van der Waals surface area contributed by atoms with Gasteiger partial charge in [0.2, 0.25) is 0 Å².